The van der Waals surface area contributed by atoms with Crippen molar-refractivity contribution in [3.8, 4) is 0 Å². The van der Waals surface area contributed by atoms with Gasteiger partial charge in [-0.05, 0) is 25.5 Å². The van der Waals surface area contributed by atoms with Gasteiger partial charge in [0, 0.05) is 17.7 Å². The van der Waals surface area contributed by atoms with Crippen molar-refractivity contribution in [2.24, 2.45) is 0 Å². The predicted molar refractivity (Wildman–Crippen MR) is 61.8 cm³/mol. The normalized spacial score (nSPS) is 14.6. The van der Waals surface area contributed by atoms with Crippen LogP contribution in [0.5, 0.6) is 0 Å². The second-order valence-electron chi connectivity index (χ2n) is 3.77. The van der Waals surface area contributed by atoms with Crippen LogP contribution in [0.2, 0.25) is 0 Å². The monoisotopic (exact) mass is 241 g/mol. The van der Waals surface area contributed by atoms with E-state index in [-0.39, 0.29) is 5.97 Å². The summed E-state index contributed by atoms with van der Waals surface area (Å²) in [6.45, 7) is 0.432. The Bertz CT molecular complexity index is 375. The third kappa shape index (κ3) is 2.40. The maximum atomic E-state index is 11.7. The van der Waals surface area contributed by atoms with Crippen LogP contribution in [0.1, 0.15) is 34.7 Å². The first-order valence-electron chi connectivity index (χ1n) is 5.46. The molecule has 4 nitrogen and oxygen atoms in total. The van der Waals surface area contributed by atoms with Gasteiger partial charge in [0.15, 0.2) is 5.69 Å². The molecule has 0 radical (unpaired) electrons. The molecule has 1 aliphatic carbocycles. The molecular weight excluding hydrogens is 226 g/mol. The topological polar surface area (TPSA) is 52.3 Å². The zero-order valence-electron chi connectivity index (χ0n) is 9.32. The minimum atomic E-state index is -0.346. The van der Waals surface area contributed by atoms with E-state index in [9.17, 15) is 4.79 Å². The number of rotatable bonds is 4. The Labute approximate surface area is 98.7 Å². The molecule has 88 valence electrons. The van der Waals surface area contributed by atoms with E-state index in [1.165, 1.54) is 0 Å². The van der Waals surface area contributed by atoms with Gasteiger partial charge in [0.05, 0.1) is 0 Å². The second-order valence-corrected chi connectivity index (χ2v) is 4.75. The lowest BCUT2D eigenvalue weighted by atomic mass is 9.96. The highest BCUT2D eigenvalue weighted by Gasteiger charge is 2.24. The Balaban J connectivity index is 2.03. The van der Waals surface area contributed by atoms with Gasteiger partial charge in [-0.1, -0.05) is 5.16 Å². The highest BCUT2D eigenvalue weighted by atomic mass is 32.2. The summed E-state index contributed by atoms with van der Waals surface area (Å²) in [5.41, 5.74) is 1.34. The number of hydrogen-bond donors (Lipinski definition) is 0. The van der Waals surface area contributed by atoms with Gasteiger partial charge in [0.25, 0.3) is 0 Å². The summed E-state index contributed by atoms with van der Waals surface area (Å²) in [5, 5.41) is 3.82. The molecule has 0 bridgehead atoms. The van der Waals surface area contributed by atoms with Crippen molar-refractivity contribution in [1.29, 1.82) is 0 Å². The fraction of sp³-hybridized carbons (Fsp3) is 0.636. The van der Waals surface area contributed by atoms with Gasteiger partial charge in [-0.2, -0.15) is 11.8 Å². The third-order valence-corrected chi connectivity index (χ3v) is 3.24. The minimum absolute atomic E-state index is 0.346. The second kappa shape index (κ2) is 5.39. The van der Waals surface area contributed by atoms with Crippen LogP contribution in [-0.2, 0) is 17.6 Å². The molecule has 0 aromatic carbocycles. The van der Waals surface area contributed by atoms with Gasteiger partial charge in [-0.3, -0.25) is 0 Å². The molecule has 16 heavy (non-hydrogen) atoms. The predicted octanol–water partition coefficient (Wildman–Crippen LogP) is 2.07. The molecule has 0 amide bonds. The molecule has 0 spiro atoms. The zero-order chi connectivity index (χ0) is 11.4. The highest BCUT2D eigenvalue weighted by Crippen LogP contribution is 2.24. The number of esters is 1. The molecule has 0 aliphatic heterocycles. The molecule has 1 aliphatic rings. The van der Waals surface area contributed by atoms with Crippen LogP contribution < -0.4 is 0 Å². The first-order valence-corrected chi connectivity index (χ1v) is 6.86. The smallest absolute Gasteiger partial charge is 0.360 e. The molecule has 0 fully saturated rings. The number of thioether (sulfide) groups is 1. The van der Waals surface area contributed by atoms with Gasteiger partial charge >= 0.3 is 5.97 Å². The van der Waals surface area contributed by atoms with Crippen LogP contribution in [-0.4, -0.2) is 29.7 Å². The number of hydrogen-bond acceptors (Lipinski definition) is 5. The first-order chi connectivity index (χ1) is 7.83. The van der Waals surface area contributed by atoms with Crippen LogP contribution in [0, 0.1) is 0 Å². The van der Waals surface area contributed by atoms with E-state index in [2.05, 4.69) is 5.16 Å². The maximum Gasteiger partial charge on any atom is 0.360 e. The molecule has 1 aromatic rings. The van der Waals surface area contributed by atoms with Crippen LogP contribution in [0.25, 0.3) is 0 Å². The molecular formula is C11H15NO3S. The van der Waals surface area contributed by atoms with E-state index >= 15 is 0 Å². The van der Waals surface area contributed by atoms with Crippen molar-refractivity contribution in [2.75, 3.05) is 18.6 Å². The van der Waals surface area contributed by atoms with Gasteiger partial charge in [-0.15, -0.1) is 0 Å². The van der Waals surface area contributed by atoms with Gasteiger partial charge in [-0.25, -0.2) is 4.79 Å². The van der Waals surface area contributed by atoms with Crippen LogP contribution in [0.15, 0.2) is 4.52 Å². The van der Waals surface area contributed by atoms with Crippen molar-refractivity contribution in [2.45, 2.75) is 25.7 Å². The average molecular weight is 241 g/mol. The Kier molecular flexibility index (Phi) is 3.88. The largest absolute Gasteiger partial charge is 0.460 e. The molecule has 1 aromatic heterocycles. The fourth-order valence-electron chi connectivity index (χ4n) is 1.83. The summed E-state index contributed by atoms with van der Waals surface area (Å²) in [5.74, 6) is 1.33. The lowest BCUT2D eigenvalue weighted by Gasteiger charge is -2.08. The molecule has 1 heterocycles. The molecule has 0 saturated heterocycles. The van der Waals surface area contributed by atoms with E-state index < -0.39 is 0 Å². The Morgan fingerprint density at radius 1 is 1.50 bits per heavy atom. The number of ether oxygens (including phenoxy) is 1. The maximum absolute atomic E-state index is 11.7. The molecule has 0 saturated carbocycles. The lowest BCUT2D eigenvalue weighted by molar-refractivity contribution is 0.0517. The quantitative estimate of drug-likeness (QED) is 0.596. The van der Waals surface area contributed by atoms with Crippen LogP contribution in [0.3, 0.4) is 0 Å². The molecule has 0 atom stereocenters. The Morgan fingerprint density at radius 3 is 3.12 bits per heavy atom. The van der Waals surface area contributed by atoms with E-state index in [4.69, 9.17) is 9.26 Å². The lowest BCUT2D eigenvalue weighted by Crippen LogP contribution is -2.12. The summed E-state index contributed by atoms with van der Waals surface area (Å²) in [4.78, 5) is 11.7. The van der Waals surface area contributed by atoms with E-state index in [1.54, 1.807) is 11.8 Å². The van der Waals surface area contributed by atoms with Crippen molar-refractivity contribution >= 4 is 17.7 Å². The molecule has 0 unspecified atom stereocenters. The standard InChI is InChI=1S/C11H15NO3S/c1-16-7-6-14-11(13)10-8-4-2-3-5-9(8)15-12-10/h2-7H2,1H3. The number of fused-ring (bicyclic) bond motifs is 1. The van der Waals surface area contributed by atoms with Crippen molar-refractivity contribution in [3.63, 3.8) is 0 Å². The number of carbonyl (C=O) groups excluding carboxylic acids is 1. The first kappa shape index (κ1) is 11.5. The molecule has 0 N–H and O–H groups in total. The number of carbonyl (C=O) groups is 1. The van der Waals surface area contributed by atoms with Crippen LogP contribution >= 0.6 is 11.8 Å². The van der Waals surface area contributed by atoms with Gasteiger partial charge in [0.2, 0.25) is 0 Å². The number of aryl methyl sites for hydroxylation is 1. The van der Waals surface area contributed by atoms with Crippen molar-refractivity contribution in [1.82, 2.24) is 5.16 Å². The van der Waals surface area contributed by atoms with Crippen LogP contribution in [0.4, 0.5) is 0 Å². The fourth-order valence-corrected chi connectivity index (χ4v) is 2.08. The SMILES string of the molecule is CSCCOC(=O)c1noc2c1CCCC2. The summed E-state index contributed by atoms with van der Waals surface area (Å²) in [6, 6.07) is 0. The number of aromatic nitrogens is 1. The average Bonchev–Trinajstić information content (AvgIpc) is 2.73. The summed E-state index contributed by atoms with van der Waals surface area (Å²) in [6.07, 6.45) is 5.96. The third-order valence-electron chi connectivity index (χ3n) is 2.66. The molecule has 5 heteroatoms. The van der Waals surface area contributed by atoms with Gasteiger partial charge < -0.3 is 9.26 Å². The Hall–Kier alpha value is -0.970. The Morgan fingerprint density at radius 2 is 2.31 bits per heavy atom. The van der Waals surface area contributed by atoms with Crippen molar-refractivity contribution in [3.05, 3.63) is 17.0 Å². The summed E-state index contributed by atoms with van der Waals surface area (Å²) in [7, 11) is 0. The van der Waals surface area contributed by atoms with E-state index in [0.29, 0.717) is 12.3 Å². The molecule has 2 rings (SSSR count). The highest BCUT2D eigenvalue weighted by molar-refractivity contribution is 7.98. The van der Waals surface area contributed by atoms with Gasteiger partial charge in [0.1, 0.15) is 12.4 Å². The summed E-state index contributed by atoms with van der Waals surface area (Å²) < 4.78 is 10.3. The minimum Gasteiger partial charge on any atom is -0.460 e. The van der Waals surface area contributed by atoms with Crippen molar-refractivity contribution < 1.29 is 14.1 Å². The zero-order valence-corrected chi connectivity index (χ0v) is 10.1. The van der Waals surface area contributed by atoms with E-state index in [0.717, 1.165) is 42.8 Å². The summed E-state index contributed by atoms with van der Waals surface area (Å²) >= 11 is 1.65. The van der Waals surface area contributed by atoms with E-state index in [1.807, 2.05) is 6.26 Å². The number of nitrogens with zero attached hydrogens (tertiary/aromatic N) is 1.